The number of nitrogens with zero attached hydrogens (tertiary/aromatic N) is 2. The summed E-state index contributed by atoms with van der Waals surface area (Å²) in [6.45, 7) is 5.51. The Morgan fingerprint density at radius 3 is 2.43 bits per heavy atom. The Hall–Kier alpha value is -3.02. The second-order valence-corrected chi connectivity index (χ2v) is 5.15. The second-order valence-electron chi connectivity index (χ2n) is 5.15. The Kier molecular flexibility index (Phi) is 5.19. The number of rotatable bonds is 3. The molecule has 1 aromatic heterocycles. The summed E-state index contributed by atoms with van der Waals surface area (Å²) in [4.78, 5) is 27.7. The van der Waals surface area contributed by atoms with Gasteiger partial charge >= 0.3 is 11.8 Å². The standard InChI is InChI=1S/C17H18N4O2/c1-11-4-5-12(2)15(10-11)19-16(22)17(23)21-20-13(3)14-6-8-18-9-7-14/h4-10H,1-3H3,(H,19,22)(H,21,23). The first-order valence-electron chi connectivity index (χ1n) is 7.10. The summed E-state index contributed by atoms with van der Waals surface area (Å²) in [7, 11) is 0. The van der Waals surface area contributed by atoms with Crippen LogP contribution in [0.15, 0.2) is 47.8 Å². The van der Waals surface area contributed by atoms with E-state index in [9.17, 15) is 9.59 Å². The van der Waals surface area contributed by atoms with Crippen molar-refractivity contribution in [1.82, 2.24) is 10.4 Å². The van der Waals surface area contributed by atoms with Gasteiger partial charge in [-0.1, -0.05) is 12.1 Å². The third-order valence-corrected chi connectivity index (χ3v) is 3.27. The van der Waals surface area contributed by atoms with E-state index in [2.05, 4.69) is 20.8 Å². The smallest absolute Gasteiger partial charge is 0.317 e. The molecule has 0 fully saturated rings. The lowest BCUT2D eigenvalue weighted by atomic mass is 10.1. The van der Waals surface area contributed by atoms with Gasteiger partial charge in [-0.25, -0.2) is 5.43 Å². The highest BCUT2D eigenvalue weighted by Crippen LogP contribution is 2.16. The third-order valence-electron chi connectivity index (χ3n) is 3.27. The Morgan fingerprint density at radius 2 is 1.74 bits per heavy atom. The van der Waals surface area contributed by atoms with E-state index in [-0.39, 0.29) is 0 Å². The molecular weight excluding hydrogens is 292 g/mol. The maximum Gasteiger partial charge on any atom is 0.329 e. The lowest BCUT2D eigenvalue weighted by Gasteiger charge is -2.08. The molecule has 2 N–H and O–H groups in total. The minimum Gasteiger partial charge on any atom is -0.317 e. The number of hydrazone groups is 1. The summed E-state index contributed by atoms with van der Waals surface area (Å²) in [5.41, 5.74) is 6.14. The minimum absolute atomic E-state index is 0.584. The molecule has 0 saturated heterocycles. The summed E-state index contributed by atoms with van der Waals surface area (Å²) in [5, 5.41) is 6.51. The van der Waals surface area contributed by atoms with Crippen LogP contribution in [0.1, 0.15) is 23.6 Å². The molecule has 6 nitrogen and oxygen atoms in total. The molecule has 2 rings (SSSR count). The number of carbonyl (C=O) groups is 2. The van der Waals surface area contributed by atoms with E-state index in [1.165, 1.54) is 0 Å². The number of anilines is 1. The van der Waals surface area contributed by atoms with Gasteiger partial charge in [-0.2, -0.15) is 5.10 Å². The van der Waals surface area contributed by atoms with Crippen molar-refractivity contribution in [3.63, 3.8) is 0 Å². The molecule has 0 aliphatic carbocycles. The Labute approximate surface area is 134 Å². The van der Waals surface area contributed by atoms with Gasteiger partial charge in [0, 0.05) is 23.6 Å². The van der Waals surface area contributed by atoms with Crippen LogP contribution >= 0.6 is 0 Å². The van der Waals surface area contributed by atoms with Gasteiger partial charge in [-0.3, -0.25) is 14.6 Å². The third kappa shape index (κ3) is 4.47. The highest BCUT2D eigenvalue weighted by atomic mass is 16.2. The van der Waals surface area contributed by atoms with Gasteiger partial charge < -0.3 is 5.32 Å². The molecule has 0 aliphatic heterocycles. The second kappa shape index (κ2) is 7.31. The zero-order valence-electron chi connectivity index (χ0n) is 13.3. The maximum atomic E-state index is 11.9. The Balaban J connectivity index is 2.00. The number of pyridine rings is 1. The van der Waals surface area contributed by atoms with Crippen molar-refractivity contribution in [2.45, 2.75) is 20.8 Å². The summed E-state index contributed by atoms with van der Waals surface area (Å²) in [6.07, 6.45) is 3.26. The SMILES string of the molecule is CC(=NNC(=O)C(=O)Nc1cc(C)ccc1C)c1ccncc1. The number of hydrogen-bond donors (Lipinski definition) is 2. The molecule has 0 aliphatic rings. The average molecular weight is 310 g/mol. The topological polar surface area (TPSA) is 83.5 Å². The number of aromatic nitrogens is 1. The van der Waals surface area contributed by atoms with E-state index in [0.29, 0.717) is 11.4 Å². The van der Waals surface area contributed by atoms with Crippen molar-refractivity contribution in [2.75, 3.05) is 5.32 Å². The van der Waals surface area contributed by atoms with Crippen molar-refractivity contribution < 1.29 is 9.59 Å². The zero-order chi connectivity index (χ0) is 16.8. The summed E-state index contributed by atoms with van der Waals surface area (Å²) >= 11 is 0. The molecule has 0 spiro atoms. The highest BCUT2D eigenvalue weighted by Gasteiger charge is 2.14. The van der Waals surface area contributed by atoms with Gasteiger partial charge in [0.2, 0.25) is 0 Å². The monoisotopic (exact) mass is 310 g/mol. The molecule has 2 aromatic rings. The van der Waals surface area contributed by atoms with E-state index < -0.39 is 11.8 Å². The van der Waals surface area contributed by atoms with Crippen LogP contribution in [-0.2, 0) is 9.59 Å². The highest BCUT2D eigenvalue weighted by molar-refractivity contribution is 6.39. The molecule has 118 valence electrons. The number of benzene rings is 1. The largest absolute Gasteiger partial charge is 0.329 e. The van der Waals surface area contributed by atoms with Crippen LogP contribution in [0.3, 0.4) is 0 Å². The normalized spacial score (nSPS) is 11.0. The molecule has 2 amide bonds. The fraction of sp³-hybridized carbons (Fsp3) is 0.176. The maximum absolute atomic E-state index is 11.9. The van der Waals surface area contributed by atoms with Gasteiger partial charge in [0.25, 0.3) is 0 Å². The van der Waals surface area contributed by atoms with Gasteiger partial charge in [0.05, 0.1) is 5.71 Å². The van der Waals surface area contributed by atoms with Crippen LogP contribution in [0, 0.1) is 13.8 Å². The Bertz CT molecular complexity index is 754. The van der Waals surface area contributed by atoms with E-state index in [1.807, 2.05) is 32.0 Å². The molecule has 0 bridgehead atoms. The van der Waals surface area contributed by atoms with E-state index in [1.54, 1.807) is 31.5 Å². The van der Waals surface area contributed by atoms with Crippen LogP contribution in [0.25, 0.3) is 0 Å². The molecule has 0 atom stereocenters. The van der Waals surface area contributed by atoms with E-state index >= 15 is 0 Å². The molecule has 6 heteroatoms. The van der Waals surface area contributed by atoms with E-state index in [0.717, 1.165) is 16.7 Å². The fourth-order valence-electron chi connectivity index (χ4n) is 1.89. The van der Waals surface area contributed by atoms with Crippen LogP contribution < -0.4 is 10.7 Å². The molecule has 23 heavy (non-hydrogen) atoms. The average Bonchev–Trinajstić information content (AvgIpc) is 2.56. The van der Waals surface area contributed by atoms with Crippen molar-refractivity contribution in [3.05, 3.63) is 59.4 Å². The predicted molar refractivity (Wildman–Crippen MR) is 89.1 cm³/mol. The van der Waals surface area contributed by atoms with Crippen molar-refractivity contribution in [3.8, 4) is 0 Å². The van der Waals surface area contributed by atoms with Crippen LogP contribution in [0.5, 0.6) is 0 Å². The molecule has 0 saturated carbocycles. The lowest BCUT2D eigenvalue weighted by molar-refractivity contribution is -0.136. The molecule has 1 heterocycles. The first-order chi connectivity index (χ1) is 11.0. The van der Waals surface area contributed by atoms with E-state index in [4.69, 9.17) is 0 Å². The van der Waals surface area contributed by atoms with Crippen LogP contribution in [-0.4, -0.2) is 22.5 Å². The number of aryl methyl sites for hydroxylation is 2. The molecule has 0 radical (unpaired) electrons. The van der Waals surface area contributed by atoms with Crippen molar-refractivity contribution in [1.29, 1.82) is 0 Å². The van der Waals surface area contributed by atoms with Crippen molar-refractivity contribution >= 4 is 23.2 Å². The van der Waals surface area contributed by atoms with Crippen LogP contribution in [0.4, 0.5) is 5.69 Å². The van der Waals surface area contributed by atoms with Gasteiger partial charge in [-0.05, 0) is 50.1 Å². The first kappa shape index (κ1) is 16.4. The minimum atomic E-state index is -0.820. The number of carbonyl (C=O) groups excluding carboxylic acids is 2. The molecular formula is C17H18N4O2. The van der Waals surface area contributed by atoms with Gasteiger partial charge in [0.15, 0.2) is 0 Å². The number of amides is 2. The van der Waals surface area contributed by atoms with Crippen molar-refractivity contribution in [2.24, 2.45) is 5.10 Å². The fourth-order valence-corrected chi connectivity index (χ4v) is 1.89. The van der Waals surface area contributed by atoms with Gasteiger partial charge in [0.1, 0.15) is 0 Å². The molecule has 0 unspecified atom stereocenters. The molecule has 1 aromatic carbocycles. The zero-order valence-corrected chi connectivity index (χ0v) is 13.3. The summed E-state index contributed by atoms with van der Waals surface area (Å²) < 4.78 is 0. The number of hydrogen-bond acceptors (Lipinski definition) is 4. The summed E-state index contributed by atoms with van der Waals surface area (Å²) in [5.74, 6) is -1.58. The summed E-state index contributed by atoms with van der Waals surface area (Å²) in [6, 6.07) is 9.16. The Morgan fingerprint density at radius 1 is 1.04 bits per heavy atom. The quantitative estimate of drug-likeness (QED) is 0.518. The first-order valence-corrected chi connectivity index (χ1v) is 7.10. The van der Waals surface area contributed by atoms with Crippen LogP contribution in [0.2, 0.25) is 0 Å². The van der Waals surface area contributed by atoms with Gasteiger partial charge in [-0.15, -0.1) is 0 Å². The predicted octanol–water partition coefficient (Wildman–Crippen LogP) is 2.18. The lowest BCUT2D eigenvalue weighted by Crippen LogP contribution is -2.33. The number of nitrogens with one attached hydrogen (secondary N) is 2.